The minimum absolute atomic E-state index is 0.0578. The number of amides is 2. The Kier molecular flexibility index (Phi) is 7.25. The summed E-state index contributed by atoms with van der Waals surface area (Å²) in [6.07, 6.45) is 2.81. The molecule has 2 heterocycles. The first-order valence-electron chi connectivity index (χ1n) is 12.1. The van der Waals surface area contributed by atoms with Crippen LogP contribution >= 0.6 is 0 Å². The van der Waals surface area contributed by atoms with Gasteiger partial charge < -0.3 is 20.5 Å². The fourth-order valence-corrected chi connectivity index (χ4v) is 4.45. The smallest absolute Gasteiger partial charge is 0.271 e. The summed E-state index contributed by atoms with van der Waals surface area (Å²) >= 11 is 0. The number of nitrogens with zero attached hydrogens (tertiary/aromatic N) is 2. The van der Waals surface area contributed by atoms with E-state index in [0.717, 1.165) is 5.56 Å². The van der Waals surface area contributed by atoms with Gasteiger partial charge in [-0.05, 0) is 72.0 Å². The molecule has 0 bridgehead atoms. The maximum atomic E-state index is 13.1. The van der Waals surface area contributed by atoms with Crippen molar-refractivity contribution < 1.29 is 9.59 Å². The van der Waals surface area contributed by atoms with Crippen molar-refractivity contribution >= 4 is 23.2 Å². The molecule has 37 heavy (non-hydrogen) atoms. The number of H-pyrrole nitrogens is 1. The molecule has 3 aromatic rings. The predicted molar refractivity (Wildman–Crippen MR) is 145 cm³/mol. The van der Waals surface area contributed by atoms with Gasteiger partial charge in [-0.2, -0.15) is 5.26 Å². The molecule has 1 aliphatic heterocycles. The average Bonchev–Trinajstić information content (AvgIpc) is 2.85. The van der Waals surface area contributed by atoms with Crippen LogP contribution in [0.2, 0.25) is 0 Å². The zero-order chi connectivity index (χ0) is 26.7. The summed E-state index contributed by atoms with van der Waals surface area (Å²) in [5.41, 5.74) is 4.96. The fourth-order valence-electron chi connectivity index (χ4n) is 4.45. The second-order valence-corrected chi connectivity index (χ2v) is 9.51. The van der Waals surface area contributed by atoms with Crippen LogP contribution in [-0.4, -0.2) is 40.8 Å². The zero-order valence-electron chi connectivity index (χ0n) is 21.1. The average molecular weight is 496 g/mol. The van der Waals surface area contributed by atoms with Crippen LogP contribution in [0.25, 0.3) is 11.1 Å². The normalized spacial score (nSPS) is 13.0. The Hall–Kier alpha value is -4.64. The monoisotopic (exact) mass is 495 g/mol. The Labute approximate surface area is 215 Å². The lowest BCUT2D eigenvalue weighted by molar-refractivity contribution is -0.129. The lowest BCUT2D eigenvalue weighted by atomic mass is 9.97. The van der Waals surface area contributed by atoms with Crippen molar-refractivity contribution in [3.63, 3.8) is 0 Å². The quantitative estimate of drug-likeness (QED) is 0.420. The van der Waals surface area contributed by atoms with Gasteiger partial charge in [0.2, 0.25) is 5.91 Å². The minimum atomic E-state index is -0.334. The summed E-state index contributed by atoms with van der Waals surface area (Å²) in [6.45, 7) is 10.7. The van der Waals surface area contributed by atoms with E-state index in [1.165, 1.54) is 11.6 Å². The van der Waals surface area contributed by atoms with E-state index in [-0.39, 0.29) is 23.4 Å². The number of aryl methyl sites for hydroxylation is 1. The van der Waals surface area contributed by atoms with Crippen molar-refractivity contribution in [1.29, 1.82) is 5.26 Å². The maximum Gasteiger partial charge on any atom is 0.271 e. The number of likely N-dealkylation sites (tertiary alicyclic amines) is 1. The van der Waals surface area contributed by atoms with Crippen LogP contribution in [0.4, 0.5) is 11.4 Å². The second kappa shape index (κ2) is 10.5. The van der Waals surface area contributed by atoms with Gasteiger partial charge in [0.25, 0.3) is 11.5 Å². The van der Waals surface area contributed by atoms with Crippen molar-refractivity contribution in [2.45, 2.75) is 32.7 Å². The summed E-state index contributed by atoms with van der Waals surface area (Å²) in [5, 5.41) is 15.7. The maximum absolute atomic E-state index is 13.1. The highest BCUT2D eigenvalue weighted by molar-refractivity contribution is 6.05. The van der Waals surface area contributed by atoms with E-state index in [1.54, 1.807) is 35.4 Å². The Morgan fingerprint density at radius 2 is 1.92 bits per heavy atom. The topological polar surface area (TPSA) is 118 Å². The molecule has 1 saturated heterocycles. The van der Waals surface area contributed by atoms with Crippen molar-refractivity contribution in [3.05, 3.63) is 93.9 Å². The Balaban J connectivity index is 1.57. The van der Waals surface area contributed by atoms with E-state index in [2.05, 4.69) is 42.1 Å². The zero-order valence-corrected chi connectivity index (χ0v) is 21.1. The molecule has 0 unspecified atom stereocenters. The summed E-state index contributed by atoms with van der Waals surface area (Å²) in [4.78, 5) is 41.5. The molecule has 0 spiro atoms. The van der Waals surface area contributed by atoms with Crippen molar-refractivity contribution in [3.8, 4) is 17.2 Å². The van der Waals surface area contributed by atoms with Crippen molar-refractivity contribution in [2.75, 3.05) is 23.7 Å². The van der Waals surface area contributed by atoms with Gasteiger partial charge in [-0.3, -0.25) is 14.4 Å². The van der Waals surface area contributed by atoms with Gasteiger partial charge in [0.15, 0.2) is 0 Å². The molecule has 2 amide bonds. The Morgan fingerprint density at radius 3 is 2.57 bits per heavy atom. The van der Waals surface area contributed by atoms with Crippen LogP contribution in [0.3, 0.4) is 0 Å². The number of rotatable bonds is 7. The highest BCUT2D eigenvalue weighted by Crippen LogP contribution is 2.26. The van der Waals surface area contributed by atoms with Crippen LogP contribution in [0.15, 0.2) is 66.1 Å². The molecule has 4 rings (SSSR count). The minimum Gasteiger partial charge on any atom is -0.374 e. The highest BCUT2D eigenvalue weighted by atomic mass is 16.2. The van der Waals surface area contributed by atoms with Crippen LogP contribution in [0, 0.1) is 18.3 Å². The van der Waals surface area contributed by atoms with Crippen LogP contribution in [-0.2, 0) is 4.79 Å². The van der Waals surface area contributed by atoms with Gasteiger partial charge in [0, 0.05) is 36.1 Å². The summed E-state index contributed by atoms with van der Waals surface area (Å²) in [6, 6.07) is 14.5. The molecule has 0 aliphatic carbocycles. The molecule has 3 N–H and O–H groups in total. The summed E-state index contributed by atoms with van der Waals surface area (Å²) < 4.78 is 0. The van der Waals surface area contributed by atoms with E-state index in [4.69, 9.17) is 0 Å². The van der Waals surface area contributed by atoms with Crippen LogP contribution in [0.5, 0.6) is 0 Å². The molecular formula is C29H29N5O3. The van der Waals surface area contributed by atoms with Gasteiger partial charge in [-0.15, -0.1) is 0 Å². The first kappa shape index (κ1) is 25.5. The summed E-state index contributed by atoms with van der Waals surface area (Å²) in [7, 11) is 0. The third-order valence-corrected chi connectivity index (χ3v) is 6.44. The lowest BCUT2D eigenvalue weighted by Crippen LogP contribution is -2.56. The third-order valence-electron chi connectivity index (χ3n) is 6.44. The number of nitriles is 1. The highest BCUT2D eigenvalue weighted by Gasteiger charge is 2.29. The van der Waals surface area contributed by atoms with Crippen LogP contribution < -0.4 is 16.2 Å². The number of aromatic nitrogens is 1. The SMILES string of the molecule is C=CC(=O)N1CC(Nc2cc(-c3cc(C#N)cc(C(=O)Nc4ccc(C(C)C)c(C)c4)c3)c[nH]c2=O)C1. The number of carbonyl (C=O) groups is 2. The van der Waals surface area contributed by atoms with E-state index in [0.29, 0.717) is 52.6 Å². The number of pyridine rings is 1. The Bertz CT molecular complexity index is 1480. The molecule has 8 nitrogen and oxygen atoms in total. The molecule has 8 heteroatoms. The van der Waals surface area contributed by atoms with E-state index in [1.807, 2.05) is 25.1 Å². The van der Waals surface area contributed by atoms with Gasteiger partial charge in [-0.25, -0.2) is 0 Å². The predicted octanol–water partition coefficient (Wildman–Crippen LogP) is 4.41. The fraction of sp³-hybridized carbons (Fsp3) is 0.241. The standard InChI is InChI=1S/C29H29N5O3/c1-5-27(35)34-15-24(16-34)32-26-12-22(14-31-29(26)37)20-9-19(13-30)10-21(11-20)28(36)33-23-6-7-25(17(2)3)18(4)8-23/h5-12,14,17,24,32H,1,15-16H2,2-4H3,(H,31,37)(H,33,36). The first-order valence-corrected chi connectivity index (χ1v) is 12.1. The molecule has 0 atom stereocenters. The molecule has 1 aromatic heterocycles. The van der Waals surface area contributed by atoms with Gasteiger partial charge in [0.1, 0.15) is 5.69 Å². The molecule has 1 fully saturated rings. The largest absolute Gasteiger partial charge is 0.374 e. The lowest BCUT2D eigenvalue weighted by Gasteiger charge is -2.39. The van der Waals surface area contributed by atoms with Gasteiger partial charge >= 0.3 is 0 Å². The molecular weight excluding hydrogens is 466 g/mol. The molecule has 1 aliphatic rings. The number of hydrogen-bond acceptors (Lipinski definition) is 5. The van der Waals surface area contributed by atoms with E-state index in [9.17, 15) is 19.6 Å². The Morgan fingerprint density at radius 1 is 1.16 bits per heavy atom. The van der Waals surface area contributed by atoms with E-state index >= 15 is 0 Å². The number of hydrogen-bond donors (Lipinski definition) is 3. The molecule has 2 aromatic carbocycles. The second-order valence-electron chi connectivity index (χ2n) is 9.51. The van der Waals surface area contributed by atoms with Crippen LogP contribution in [0.1, 0.15) is 46.8 Å². The van der Waals surface area contributed by atoms with E-state index < -0.39 is 0 Å². The first-order chi connectivity index (χ1) is 17.7. The van der Waals surface area contributed by atoms with Gasteiger partial charge in [0.05, 0.1) is 17.7 Å². The number of carbonyl (C=O) groups excluding carboxylic acids is 2. The number of anilines is 2. The van der Waals surface area contributed by atoms with Crippen molar-refractivity contribution in [1.82, 2.24) is 9.88 Å². The molecule has 0 radical (unpaired) electrons. The summed E-state index contributed by atoms with van der Waals surface area (Å²) in [5.74, 6) is -0.0979. The van der Waals surface area contributed by atoms with Crippen molar-refractivity contribution in [2.24, 2.45) is 0 Å². The number of aromatic amines is 1. The number of nitrogens with one attached hydrogen (secondary N) is 3. The van der Waals surface area contributed by atoms with Gasteiger partial charge in [-0.1, -0.05) is 26.5 Å². The molecule has 188 valence electrons. The third kappa shape index (κ3) is 5.62. The number of benzene rings is 2. The molecule has 0 saturated carbocycles.